The molecule has 1 saturated heterocycles. The lowest BCUT2D eigenvalue weighted by atomic mass is 10.2. The summed E-state index contributed by atoms with van der Waals surface area (Å²) in [6.07, 6.45) is 2.80. The fourth-order valence-corrected chi connectivity index (χ4v) is 5.33. The molecule has 31 heavy (non-hydrogen) atoms. The normalized spacial score (nSPS) is 16.1. The van der Waals surface area contributed by atoms with E-state index in [1.807, 2.05) is 37.3 Å². The van der Waals surface area contributed by atoms with Gasteiger partial charge in [0, 0.05) is 24.3 Å². The zero-order valence-corrected chi connectivity index (χ0v) is 18.4. The first-order valence-electron chi connectivity index (χ1n) is 10.3. The molecule has 3 aromatic rings. The van der Waals surface area contributed by atoms with Crippen LogP contribution in [0.3, 0.4) is 0 Å². The zero-order chi connectivity index (χ0) is 21.8. The van der Waals surface area contributed by atoms with Gasteiger partial charge in [-0.05, 0) is 50.1 Å². The van der Waals surface area contributed by atoms with Crippen molar-refractivity contribution in [2.75, 3.05) is 25.5 Å². The van der Waals surface area contributed by atoms with Crippen LogP contribution in [-0.2, 0) is 10.0 Å². The third-order valence-electron chi connectivity index (χ3n) is 5.31. The number of ether oxygens (including phenoxy) is 1. The topological polar surface area (TPSA) is 97.6 Å². The summed E-state index contributed by atoms with van der Waals surface area (Å²) in [5, 5.41) is 11.5. The molecule has 1 fully saturated rings. The highest BCUT2D eigenvalue weighted by Gasteiger charge is 2.29. The molecule has 0 radical (unpaired) electrons. The molecule has 9 heteroatoms. The average molecular weight is 443 g/mol. The largest absolute Gasteiger partial charge is 0.495 e. The fourth-order valence-electron chi connectivity index (χ4n) is 3.63. The molecule has 1 atom stereocenters. The second kappa shape index (κ2) is 9.07. The molecular formula is C22H26N4O4S. The van der Waals surface area contributed by atoms with Gasteiger partial charge in [-0.3, -0.25) is 0 Å². The van der Waals surface area contributed by atoms with Crippen molar-refractivity contribution in [1.82, 2.24) is 14.5 Å². The van der Waals surface area contributed by atoms with E-state index in [1.165, 1.54) is 11.4 Å². The molecular weight excluding hydrogens is 416 g/mol. The maximum absolute atomic E-state index is 13.2. The molecule has 0 amide bonds. The number of nitrogens with one attached hydrogen (secondary N) is 1. The van der Waals surface area contributed by atoms with E-state index in [1.54, 1.807) is 18.2 Å². The van der Waals surface area contributed by atoms with Crippen LogP contribution in [0.2, 0.25) is 0 Å². The van der Waals surface area contributed by atoms with Crippen molar-refractivity contribution in [3.05, 3.63) is 54.4 Å². The molecule has 1 N–H and O–H groups in total. The maximum Gasteiger partial charge on any atom is 0.247 e. The first-order chi connectivity index (χ1) is 15.0. The van der Waals surface area contributed by atoms with E-state index in [2.05, 4.69) is 15.5 Å². The van der Waals surface area contributed by atoms with Crippen LogP contribution in [0.15, 0.2) is 57.8 Å². The van der Waals surface area contributed by atoms with Crippen LogP contribution in [0.4, 0.5) is 5.69 Å². The number of sulfonamides is 1. The minimum Gasteiger partial charge on any atom is -0.495 e. The van der Waals surface area contributed by atoms with E-state index >= 15 is 0 Å². The van der Waals surface area contributed by atoms with Crippen molar-refractivity contribution in [2.24, 2.45) is 0 Å². The minimum absolute atomic E-state index is 0.157. The van der Waals surface area contributed by atoms with Gasteiger partial charge >= 0.3 is 0 Å². The predicted molar refractivity (Wildman–Crippen MR) is 117 cm³/mol. The number of methoxy groups -OCH3 is 1. The smallest absolute Gasteiger partial charge is 0.247 e. The Kier molecular flexibility index (Phi) is 6.24. The minimum atomic E-state index is -3.64. The molecule has 1 aliphatic heterocycles. The first-order valence-corrected chi connectivity index (χ1v) is 11.8. The lowest BCUT2D eigenvalue weighted by Gasteiger charge is -2.27. The molecule has 1 aliphatic rings. The average Bonchev–Trinajstić information content (AvgIpc) is 3.31. The number of hydrogen-bond donors (Lipinski definition) is 1. The van der Waals surface area contributed by atoms with Crippen LogP contribution < -0.4 is 10.1 Å². The Labute approximate surface area is 182 Å². The standard InChI is InChI=1S/C22H26N4O4S/c1-16(21-24-25-22(30-21)17-9-5-3-6-10-17)23-18-11-12-19(29-2)20(15-18)31(27,28)26-13-7-4-8-14-26/h3,5-6,9-12,15-16,23H,4,7-8,13-14H2,1-2H3. The van der Waals surface area contributed by atoms with E-state index in [4.69, 9.17) is 9.15 Å². The van der Waals surface area contributed by atoms with Crippen LogP contribution in [0.25, 0.3) is 11.5 Å². The van der Waals surface area contributed by atoms with Gasteiger partial charge in [0.05, 0.1) is 7.11 Å². The van der Waals surface area contributed by atoms with E-state index in [0.717, 1.165) is 24.8 Å². The summed E-state index contributed by atoms with van der Waals surface area (Å²) >= 11 is 0. The molecule has 0 bridgehead atoms. The summed E-state index contributed by atoms with van der Waals surface area (Å²) in [5.41, 5.74) is 1.47. The van der Waals surface area contributed by atoms with Gasteiger partial charge in [-0.2, -0.15) is 4.31 Å². The zero-order valence-electron chi connectivity index (χ0n) is 17.6. The predicted octanol–water partition coefficient (Wildman–Crippen LogP) is 4.09. The third-order valence-corrected chi connectivity index (χ3v) is 7.23. The van der Waals surface area contributed by atoms with Gasteiger partial charge < -0.3 is 14.5 Å². The molecule has 1 aromatic heterocycles. The maximum atomic E-state index is 13.2. The van der Waals surface area contributed by atoms with Gasteiger partial charge in [-0.1, -0.05) is 24.6 Å². The molecule has 4 rings (SSSR count). The number of nitrogens with zero attached hydrogens (tertiary/aromatic N) is 3. The Morgan fingerprint density at radius 1 is 1.06 bits per heavy atom. The Morgan fingerprint density at radius 2 is 1.81 bits per heavy atom. The SMILES string of the molecule is COc1ccc(NC(C)c2nnc(-c3ccccc3)o2)cc1S(=O)(=O)N1CCCCC1. The third kappa shape index (κ3) is 4.57. The highest BCUT2D eigenvalue weighted by molar-refractivity contribution is 7.89. The van der Waals surface area contributed by atoms with Crippen molar-refractivity contribution >= 4 is 15.7 Å². The fraction of sp³-hybridized carbons (Fsp3) is 0.364. The van der Waals surface area contributed by atoms with Gasteiger partial charge in [0.1, 0.15) is 16.7 Å². The quantitative estimate of drug-likeness (QED) is 0.588. The Bertz CT molecular complexity index is 1130. The molecule has 8 nitrogen and oxygen atoms in total. The molecule has 164 valence electrons. The van der Waals surface area contributed by atoms with Crippen LogP contribution in [0, 0.1) is 0 Å². The highest BCUT2D eigenvalue weighted by atomic mass is 32.2. The number of piperidine rings is 1. The summed E-state index contributed by atoms with van der Waals surface area (Å²) in [5.74, 6) is 1.18. The van der Waals surface area contributed by atoms with Crippen molar-refractivity contribution < 1.29 is 17.6 Å². The molecule has 0 saturated carbocycles. The number of benzene rings is 2. The highest BCUT2D eigenvalue weighted by Crippen LogP contribution is 2.32. The Balaban J connectivity index is 1.56. The molecule has 0 aliphatic carbocycles. The van der Waals surface area contributed by atoms with E-state index in [0.29, 0.717) is 36.3 Å². The Hall–Kier alpha value is -2.91. The number of hydrogen-bond acceptors (Lipinski definition) is 7. The van der Waals surface area contributed by atoms with E-state index in [-0.39, 0.29) is 10.9 Å². The van der Waals surface area contributed by atoms with Crippen molar-refractivity contribution in [3.8, 4) is 17.2 Å². The van der Waals surface area contributed by atoms with Crippen LogP contribution >= 0.6 is 0 Å². The molecule has 0 spiro atoms. The molecule has 2 aromatic carbocycles. The van der Waals surface area contributed by atoms with Gasteiger partial charge in [0.2, 0.25) is 21.8 Å². The second-order valence-corrected chi connectivity index (χ2v) is 9.41. The summed E-state index contributed by atoms with van der Waals surface area (Å²) in [6.45, 7) is 2.94. The lowest BCUT2D eigenvalue weighted by molar-refractivity contribution is 0.343. The van der Waals surface area contributed by atoms with Crippen molar-refractivity contribution in [2.45, 2.75) is 37.1 Å². The van der Waals surface area contributed by atoms with Crippen LogP contribution in [0.5, 0.6) is 5.75 Å². The van der Waals surface area contributed by atoms with Gasteiger partial charge in [0.15, 0.2) is 0 Å². The van der Waals surface area contributed by atoms with Crippen molar-refractivity contribution in [1.29, 1.82) is 0 Å². The second-order valence-electron chi connectivity index (χ2n) is 7.51. The summed E-state index contributed by atoms with van der Waals surface area (Å²) in [7, 11) is -2.17. The van der Waals surface area contributed by atoms with Gasteiger partial charge in [-0.15, -0.1) is 10.2 Å². The number of rotatable bonds is 7. The number of aromatic nitrogens is 2. The first kappa shape index (κ1) is 21.3. The van der Waals surface area contributed by atoms with E-state index in [9.17, 15) is 8.42 Å². The summed E-state index contributed by atoms with van der Waals surface area (Å²) in [4.78, 5) is 0.157. The summed E-state index contributed by atoms with van der Waals surface area (Å²) in [6, 6.07) is 14.3. The molecule has 1 unspecified atom stereocenters. The monoisotopic (exact) mass is 442 g/mol. The van der Waals surface area contributed by atoms with E-state index < -0.39 is 10.0 Å². The van der Waals surface area contributed by atoms with Gasteiger partial charge in [-0.25, -0.2) is 8.42 Å². The molecule has 2 heterocycles. The van der Waals surface area contributed by atoms with Crippen molar-refractivity contribution in [3.63, 3.8) is 0 Å². The van der Waals surface area contributed by atoms with Crippen LogP contribution in [0.1, 0.15) is 38.1 Å². The Morgan fingerprint density at radius 3 is 2.52 bits per heavy atom. The van der Waals surface area contributed by atoms with Crippen LogP contribution in [-0.4, -0.2) is 43.1 Å². The van der Waals surface area contributed by atoms with Gasteiger partial charge in [0.25, 0.3) is 0 Å². The number of anilines is 1. The summed E-state index contributed by atoms with van der Waals surface area (Å²) < 4.78 is 39.1. The lowest BCUT2D eigenvalue weighted by Crippen LogP contribution is -2.35.